The zero-order chi connectivity index (χ0) is 27.3. The Morgan fingerprint density at radius 1 is 0.636 bits per heavy atom. The van der Waals surface area contributed by atoms with E-state index in [2.05, 4.69) is 4.18 Å². The average molecular weight is 556 g/mol. The molecule has 5 nitrogen and oxygen atoms in total. The zero-order valence-electron chi connectivity index (χ0n) is 15.2. The van der Waals surface area contributed by atoms with Crippen molar-refractivity contribution in [3.8, 4) is 0 Å². The Labute approximate surface area is 171 Å². The summed E-state index contributed by atoms with van der Waals surface area (Å²) in [5, 5.41) is -7.12. The molecule has 0 fully saturated rings. The van der Waals surface area contributed by atoms with Crippen LogP contribution in [0.2, 0.25) is 0 Å². The topological polar surface area (TPSA) is 61.8 Å². The second-order valence-electron chi connectivity index (χ2n) is 5.62. The van der Waals surface area contributed by atoms with Crippen LogP contribution in [0.15, 0.2) is 0 Å². The van der Waals surface area contributed by atoms with E-state index >= 15 is 0 Å². The summed E-state index contributed by atoms with van der Waals surface area (Å²) in [4.78, 5) is 0. The molecule has 0 saturated heterocycles. The van der Waals surface area contributed by atoms with Crippen molar-refractivity contribution in [2.45, 2.75) is 60.8 Å². The Kier molecular flexibility index (Phi) is 8.10. The molecular formula is C11H8F16O5S. The van der Waals surface area contributed by atoms with Gasteiger partial charge in [0.25, 0.3) is 5.85 Å². The summed E-state index contributed by atoms with van der Waals surface area (Å²) in [7, 11) is -7.39. The zero-order valence-corrected chi connectivity index (χ0v) is 16.0. The molecule has 0 aliphatic rings. The van der Waals surface area contributed by atoms with Gasteiger partial charge in [-0.25, -0.2) is 4.39 Å². The molecule has 22 heteroatoms. The van der Waals surface area contributed by atoms with E-state index in [1.807, 2.05) is 4.74 Å². The van der Waals surface area contributed by atoms with Crippen molar-refractivity contribution in [1.29, 1.82) is 0 Å². The molecule has 0 rings (SSSR count). The SMILES string of the molecule is CCC(F)(OC(F)(F)[C@@](F)(OC(F)(F)C(F)(F)S(=O)(=O)OC)C(F)(F)F)C(F)(F)C(F)(F)F. The lowest BCUT2D eigenvalue weighted by Gasteiger charge is -2.41. The van der Waals surface area contributed by atoms with Crippen LogP contribution in [0.1, 0.15) is 13.3 Å². The van der Waals surface area contributed by atoms with Gasteiger partial charge >= 0.3 is 51.7 Å². The quantitative estimate of drug-likeness (QED) is 0.271. The minimum atomic E-state index is -7.86. The van der Waals surface area contributed by atoms with E-state index in [0.29, 0.717) is 0 Å². The summed E-state index contributed by atoms with van der Waals surface area (Å²) < 4.78 is 238. The van der Waals surface area contributed by atoms with Crippen molar-refractivity contribution in [3.05, 3.63) is 0 Å². The molecule has 2 atom stereocenters. The molecule has 0 spiro atoms. The van der Waals surface area contributed by atoms with Gasteiger partial charge in [-0.05, 0) is 0 Å². The predicted octanol–water partition coefficient (Wildman–Crippen LogP) is 5.28. The Bertz CT molecular complexity index is 805. The highest BCUT2D eigenvalue weighted by Gasteiger charge is 2.84. The fraction of sp³-hybridized carbons (Fsp3) is 1.00. The normalized spacial score (nSPS) is 19.2. The van der Waals surface area contributed by atoms with Crippen LogP contribution in [0, 0.1) is 0 Å². The molecule has 0 aromatic heterocycles. The maximum Gasteiger partial charge on any atom is 0.460 e. The van der Waals surface area contributed by atoms with Crippen LogP contribution in [-0.4, -0.2) is 63.0 Å². The summed E-state index contributed by atoms with van der Waals surface area (Å²) in [6, 6.07) is 0. The lowest BCUT2D eigenvalue weighted by atomic mass is 10.1. The Balaban J connectivity index is 6.79. The maximum atomic E-state index is 14.0. The molecule has 1 unspecified atom stereocenters. The van der Waals surface area contributed by atoms with Gasteiger partial charge in [0, 0.05) is 6.42 Å². The number of ether oxygens (including phenoxy) is 2. The second-order valence-corrected chi connectivity index (χ2v) is 7.38. The van der Waals surface area contributed by atoms with Crippen molar-refractivity contribution in [1.82, 2.24) is 0 Å². The third kappa shape index (κ3) is 5.06. The monoisotopic (exact) mass is 556 g/mol. The number of halogens is 16. The molecule has 0 heterocycles. The number of alkyl halides is 16. The largest absolute Gasteiger partial charge is 0.460 e. The summed E-state index contributed by atoms with van der Waals surface area (Å²) in [6.07, 6.45) is -32.9. The van der Waals surface area contributed by atoms with Crippen LogP contribution < -0.4 is 0 Å². The van der Waals surface area contributed by atoms with E-state index in [9.17, 15) is 78.7 Å². The molecule has 0 radical (unpaired) electrons. The Morgan fingerprint density at radius 3 is 1.30 bits per heavy atom. The van der Waals surface area contributed by atoms with Crippen molar-refractivity contribution in [2.75, 3.05) is 7.11 Å². The van der Waals surface area contributed by atoms with Crippen LogP contribution in [0.25, 0.3) is 0 Å². The Hall–Kier alpha value is -1.29. The lowest BCUT2D eigenvalue weighted by molar-refractivity contribution is -0.540. The van der Waals surface area contributed by atoms with Crippen LogP contribution in [0.4, 0.5) is 70.2 Å². The summed E-state index contributed by atoms with van der Waals surface area (Å²) in [6.45, 7) is -0.196. The van der Waals surface area contributed by atoms with Crippen molar-refractivity contribution < 1.29 is 92.3 Å². The molecule has 200 valence electrons. The highest BCUT2D eigenvalue weighted by molar-refractivity contribution is 7.87. The first-order valence-corrected chi connectivity index (χ1v) is 8.67. The standard InChI is InChI=1S/C11H8F16O5S/c1-3-4(12,5(13,14)7(16,17)18)31-9(22,23)6(15,8(19,20)21)32-10(24,25)11(26,27)33(28,29)30-2/h3H2,1-2H3/t4?,6-/m0/s1. The molecule has 0 aromatic rings. The Morgan fingerprint density at radius 2 is 1.03 bits per heavy atom. The first kappa shape index (κ1) is 31.7. The van der Waals surface area contributed by atoms with Gasteiger partial charge in [0.05, 0.1) is 7.11 Å². The van der Waals surface area contributed by atoms with Crippen molar-refractivity contribution >= 4 is 10.1 Å². The van der Waals surface area contributed by atoms with Crippen molar-refractivity contribution in [3.63, 3.8) is 0 Å². The number of rotatable bonds is 10. The highest BCUT2D eigenvalue weighted by Crippen LogP contribution is 2.57. The fourth-order valence-corrected chi connectivity index (χ4v) is 2.15. The molecule has 33 heavy (non-hydrogen) atoms. The minimum Gasteiger partial charge on any atom is -0.272 e. The molecule has 0 aliphatic carbocycles. The van der Waals surface area contributed by atoms with E-state index in [0.717, 1.165) is 0 Å². The molecule has 0 aliphatic heterocycles. The van der Waals surface area contributed by atoms with Crippen LogP contribution >= 0.6 is 0 Å². The number of hydrogen-bond donors (Lipinski definition) is 0. The van der Waals surface area contributed by atoms with E-state index in [4.69, 9.17) is 0 Å². The molecule has 0 saturated carbocycles. The third-order valence-electron chi connectivity index (χ3n) is 3.45. The summed E-state index contributed by atoms with van der Waals surface area (Å²) in [5.41, 5.74) is 0. The van der Waals surface area contributed by atoms with Gasteiger partial charge < -0.3 is 0 Å². The number of hydrogen-bond acceptors (Lipinski definition) is 5. The van der Waals surface area contributed by atoms with Gasteiger partial charge in [-0.2, -0.15) is 74.3 Å². The molecule has 0 aromatic carbocycles. The third-order valence-corrected chi connectivity index (χ3v) is 4.75. The second kappa shape index (κ2) is 8.43. The van der Waals surface area contributed by atoms with Crippen LogP contribution in [-0.2, 0) is 23.8 Å². The van der Waals surface area contributed by atoms with Crippen LogP contribution in [0.3, 0.4) is 0 Å². The highest BCUT2D eigenvalue weighted by atomic mass is 32.2. The van der Waals surface area contributed by atoms with Gasteiger partial charge in [-0.3, -0.25) is 13.7 Å². The first-order valence-electron chi connectivity index (χ1n) is 7.26. The minimum absolute atomic E-state index is 0.196. The van der Waals surface area contributed by atoms with E-state index in [1.165, 1.54) is 0 Å². The summed E-state index contributed by atoms with van der Waals surface area (Å²) >= 11 is 0. The van der Waals surface area contributed by atoms with Gasteiger partial charge in [0.15, 0.2) is 0 Å². The van der Waals surface area contributed by atoms with E-state index in [1.54, 1.807) is 4.74 Å². The van der Waals surface area contributed by atoms with E-state index in [-0.39, 0.29) is 14.0 Å². The fourth-order valence-electron chi connectivity index (χ4n) is 1.61. The summed E-state index contributed by atoms with van der Waals surface area (Å²) in [5.74, 6) is -21.4. The lowest BCUT2D eigenvalue weighted by Crippen LogP contribution is -2.67. The molecule has 0 bridgehead atoms. The van der Waals surface area contributed by atoms with Gasteiger partial charge in [0.2, 0.25) is 0 Å². The van der Waals surface area contributed by atoms with E-state index < -0.39 is 64.0 Å². The first-order chi connectivity index (χ1) is 14.0. The van der Waals surface area contributed by atoms with Crippen molar-refractivity contribution in [2.24, 2.45) is 0 Å². The van der Waals surface area contributed by atoms with Crippen LogP contribution in [0.5, 0.6) is 0 Å². The molecular weight excluding hydrogens is 548 g/mol. The van der Waals surface area contributed by atoms with Gasteiger partial charge in [0.1, 0.15) is 0 Å². The molecule has 0 amide bonds. The predicted molar refractivity (Wildman–Crippen MR) is 68.0 cm³/mol. The maximum absolute atomic E-state index is 14.0. The molecule has 0 N–H and O–H groups in total. The average Bonchev–Trinajstić information content (AvgIpc) is 2.58. The smallest absolute Gasteiger partial charge is 0.272 e. The van der Waals surface area contributed by atoms with Gasteiger partial charge in [-0.1, -0.05) is 6.92 Å². The van der Waals surface area contributed by atoms with Gasteiger partial charge in [-0.15, -0.1) is 0 Å².